The first kappa shape index (κ1) is 31.8. The highest BCUT2D eigenvalue weighted by Crippen LogP contribution is 2.47. The van der Waals surface area contributed by atoms with Crippen LogP contribution >= 0.6 is 11.8 Å². The van der Waals surface area contributed by atoms with E-state index in [0.29, 0.717) is 18.8 Å². The molecule has 5 aromatic carbocycles. The summed E-state index contributed by atoms with van der Waals surface area (Å²) >= 11 is 1.08. The second kappa shape index (κ2) is 14.6. The fraction of sp³-hybridized carbons (Fsp3) is 0.122. The van der Waals surface area contributed by atoms with Crippen LogP contribution in [-0.4, -0.2) is 45.7 Å². The van der Waals surface area contributed by atoms with Gasteiger partial charge in [-0.2, -0.15) is 0 Å². The van der Waals surface area contributed by atoms with E-state index in [2.05, 4.69) is 10.1 Å². The largest absolute Gasteiger partial charge is 0.490 e. The number of aromatic nitrogens is 1. The Hall–Kier alpha value is -5.73. The first-order valence-corrected chi connectivity index (χ1v) is 16.9. The van der Waals surface area contributed by atoms with E-state index in [4.69, 9.17) is 9.57 Å². The van der Waals surface area contributed by atoms with E-state index in [1.807, 2.05) is 146 Å². The monoisotopic (exact) mass is 663 g/mol. The molecule has 2 amide bonds. The minimum Gasteiger partial charge on any atom is -0.490 e. The molecule has 1 aliphatic rings. The van der Waals surface area contributed by atoms with Crippen molar-refractivity contribution in [3.63, 3.8) is 0 Å². The second-order valence-corrected chi connectivity index (χ2v) is 12.7. The summed E-state index contributed by atoms with van der Waals surface area (Å²) in [6.45, 7) is 0.587. The fourth-order valence-electron chi connectivity index (χ4n) is 6.26. The van der Waals surface area contributed by atoms with Gasteiger partial charge in [-0.05, 0) is 52.9 Å². The molecule has 0 aliphatic carbocycles. The molecular weight excluding hydrogens is 631 g/mol. The fourth-order valence-corrected chi connectivity index (χ4v) is 7.32. The Morgan fingerprint density at radius 3 is 1.96 bits per heavy atom. The number of oxime groups is 1. The van der Waals surface area contributed by atoms with Gasteiger partial charge in [0.1, 0.15) is 17.9 Å². The molecule has 0 spiro atoms. The number of ether oxygens (including phenoxy) is 1. The third-order valence-electron chi connectivity index (χ3n) is 8.51. The number of imide groups is 1. The summed E-state index contributed by atoms with van der Waals surface area (Å²) in [4.78, 5) is 39.6. The Morgan fingerprint density at radius 2 is 1.33 bits per heavy atom. The average Bonchev–Trinajstić information content (AvgIpc) is 3.43. The zero-order valence-electron chi connectivity index (χ0n) is 26.6. The van der Waals surface area contributed by atoms with Crippen LogP contribution in [0.3, 0.4) is 0 Å². The van der Waals surface area contributed by atoms with Crippen LogP contribution in [0, 0.1) is 0 Å². The Bertz CT molecular complexity index is 1980. The molecule has 1 unspecified atom stereocenters. The average molecular weight is 664 g/mol. The van der Waals surface area contributed by atoms with Crippen molar-refractivity contribution in [3.8, 4) is 5.75 Å². The number of benzene rings is 5. The lowest BCUT2D eigenvalue weighted by molar-refractivity contribution is -0.129. The van der Waals surface area contributed by atoms with Crippen molar-refractivity contribution in [1.82, 2.24) is 9.88 Å². The highest BCUT2D eigenvalue weighted by atomic mass is 32.2. The summed E-state index contributed by atoms with van der Waals surface area (Å²) in [5, 5.41) is 4.23. The lowest BCUT2D eigenvalue weighted by Gasteiger charge is -2.42. The quantitative estimate of drug-likeness (QED) is 0.0568. The molecule has 7 nitrogen and oxygen atoms in total. The molecule has 0 radical (unpaired) electrons. The maximum atomic E-state index is 14.4. The molecule has 242 valence electrons. The first-order chi connectivity index (χ1) is 24.1. The Balaban J connectivity index is 1.02. The molecule has 1 fully saturated rings. The van der Waals surface area contributed by atoms with Crippen molar-refractivity contribution < 1.29 is 19.2 Å². The minimum absolute atomic E-state index is 0.218. The lowest BCUT2D eigenvalue weighted by atomic mass is 9.75. The molecule has 0 N–H and O–H groups in total. The Morgan fingerprint density at radius 1 is 0.735 bits per heavy atom. The molecule has 0 bridgehead atoms. The molecule has 1 saturated heterocycles. The van der Waals surface area contributed by atoms with Gasteiger partial charge in [-0.3, -0.25) is 19.5 Å². The number of hydrogen-bond donors (Lipinski definition) is 0. The van der Waals surface area contributed by atoms with Gasteiger partial charge >= 0.3 is 0 Å². The van der Waals surface area contributed by atoms with Gasteiger partial charge in [0, 0.05) is 17.1 Å². The predicted molar refractivity (Wildman–Crippen MR) is 194 cm³/mol. The molecule has 1 aromatic heterocycles. The molecule has 8 heteroatoms. The maximum absolute atomic E-state index is 14.4. The number of hydrogen-bond acceptors (Lipinski definition) is 7. The number of pyridine rings is 1. The number of amides is 2. The highest BCUT2D eigenvalue weighted by Gasteiger charge is 2.53. The standard InChI is InChI=1S/C41H33N3O4S/c45-39-38(27-30-20-22-36(23-21-30)47-24-25-48-43-29-31-26-32-12-10-11-19-37(32)42-28-31)49-40(46)44(39)41(33-13-4-1-5-14-33,34-15-6-2-7-16-34)35-17-8-3-9-18-35/h1-23,26,28-29,38H,24-25,27H2. The van der Waals surface area contributed by atoms with Gasteiger partial charge in [0.05, 0.1) is 17.0 Å². The smallest absolute Gasteiger partial charge is 0.290 e. The predicted octanol–water partition coefficient (Wildman–Crippen LogP) is 8.26. The van der Waals surface area contributed by atoms with Crippen molar-refractivity contribution in [3.05, 3.63) is 180 Å². The molecule has 1 aliphatic heterocycles. The van der Waals surface area contributed by atoms with E-state index >= 15 is 0 Å². The van der Waals surface area contributed by atoms with Gasteiger partial charge in [0.15, 0.2) is 6.61 Å². The van der Waals surface area contributed by atoms with Crippen molar-refractivity contribution in [1.29, 1.82) is 0 Å². The number of carbonyl (C=O) groups excluding carboxylic acids is 2. The van der Waals surface area contributed by atoms with Crippen LogP contribution < -0.4 is 4.74 Å². The van der Waals surface area contributed by atoms with E-state index in [0.717, 1.165) is 50.5 Å². The molecular formula is C41H33N3O4S. The van der Waals surface area contributed by atoms with Crippen LogP contribution in [0.2, 0.25) is 0 Å². The van der Waals surface area contributed by atoms with Crippen LogP contribution in [0.15, 0.2) is 157 Å². The topological polar surface area (TPSA) is 81.1 Å². The molecule has 2 heterocycles. The lowest BCUT2D eigenvalue weighted by Crippen LogP contribution is -2.51. The number of fused-ring (bicyclic) bond motifs is 1. The van der Waals surface area contributed by atoms with Crippen molar-refractivity contribution in [2.75, 3.05) is 13.2 Å². The summed E-state index contributed by atoms with van der Waals surface area (Å²) in [7, 11) is 0. The number of rotatable bonds is 12. The first-order valence-electron chi connectivity index (χ1n) is 16.1. The summed E-state index contributed by atoms with van der Waals surface area (Å²) < 4.78 is 5.84. The van der Waals surface area contributed by atoms with Crippen molar-refractivity contribution in [2.45, 2.75) is 17.2 Å². The van der Waals surface area contributed by atoms with E-state index < -0.39 is 10.8 Å². The second-order valence-electron chi connectivity index (χ2n) is 11.6. The van der Waals surface area contributed by atoms with Gasteiger partial charge in [0.2, 0.25) is 5.91 Å². The van der Waals surface area contributed by atoms with Gasteiger partial charge in [-0.1, -0.05) is 138 Å². The number of para-hydroxylation sites is 1. The number of thioether (sulfide) groups is 1. The van der Waals surface area contributed by atoms with Crippen LogP contribution in [0.25, 0.3) is 10.9 Å². The van der Waals surface area contributed by atoms with E-state index in [1.165, 1.54) is 4.90 Å². The van der Waals surface area contributed by atoms with Crippen LogP contribution in [0.4, 0.5) is 4.79 Å². The van der Waals surface area contributed by atoms with E-state index in [9.17, 15) is 9.59 Å². The third kappa shape index (κ3) is 6.68. The highest BCUT2D eigenvalue weighted by molar-refractivity contribution is 8.15. The SMILES string of the molecule is O=C1SC(Cc2ccc(OCCON=Cc3cnc4ccccc4c3)cc2)C(=O)N1C(c1ccccc1)(c1ccccc1)c1ccccc1. The molecule has 49 heavy (non-hydrogen) atoms. The summed E-state index contributed by atoms with van der Waals surface area (Å²) in [5.74, 6) is 0.457. The van der Waals surface area contributed by atoms with Crippen molar-refractivity contribution in [2.24, 2.45) is 5.16 Å². The maximum Gasteiger partial charge on any atom is 0.290 e. The van der Waals surface area contributed by atoms with E-state index in [1.54, 1.807) is 12.4 Å². The molecule has 1 atom stereocenters. The molecule has 0 saturated carbocycles. The van der Waals surface area contributed by atoms with Gasteiger partial charge in [-0.25, -0.2) is 0 Å². The summed E-state index contributed by atoms with van der Waals surface area (Å²) in [6, 6.07) is 46.9. The Labute approximate surface area is 289 Å². The molecule has 6 aromatic rings. The van der Waals surface area contributed by atoms with Gasteiger partial charge in [0.25, 0.3) is 5.24 Å². The zero-order chi connectivity index (χ0) is 33.5. The number of carbonyl (C=O) groups is 2. The summed E-state index contributed by atoms with van der Waals surface area (Å²) in [6.07, 6.45) is 3.79. The number of nitrogens with zero attached hydrogens (tertiary/aromatic N) is 3. The zero-order valence-corrected chi connectivity index (χ0v) is 27.4. The summed E-state index contributed by atoms with van der Waals surface area (Å²) in [5.41, 5.74) is 4.12. The van der Waals surface area contributed by atoms with Gasteiger partial charge in [-0.15, -0.1) is 0 Å². The minimum atomic E-state index is -1.13. The Kier molecular flexibility index (Phi) is 9.48. The van der Waals surface area contributed by atoms with Crippen LogP contribution in [0.5, 0.6) is 5.75 Å². The van der Waals surface area contributed by atoms with Crippen LogP contribution in [0.1, 0.15) is 27.8 Å². The normalized spacial score (nSPS) is 14.9. The van der Waals surface area contributed by atoms with Gasteiger partial charge < -0.3 is 9.57 Å². The molecule has 7 rings (SSSR count). The van der Waals surface area contributed by atoms with Crippen molar-refractivity contribution >= 4 is 40.0 Å². The van der Waals surface area contributed by atoms with E-state index in [-0.39, 0.29) is 17.8 Å². The van der Waals surface area contributed by atoms with Crippen LogP contribution in [-0.2, 0) is 21.6 Å². The third-order valence-corrected chi connectivity index (χ3v) is 9.54.